The fourth-order valence-electron chi connectivity index (χ4n) is 4.36. The molecule has 2 amide bonds. The van der Waals surface area contributed by atoms with E-state index in [0.29, 0.717) is 30.8 Å². The van der Waals surface area contributed by atoms with Gasteiger partial charge in [-0.1, -0.05) is 54.6 Å². The highest BCUT2D eigenvalue weighted by Crippen LogP contribution is 2.33. The monoisotopic (exact) mass is 444 g/mol. The number of benzene rings is 3. The SMILES string of the molecule is COc1ccccc1C(=O)N1CCN(C)C(=O)[C@@H]1Cc1ccccc1-c1ccccc1OC. The summed E-state index contributed by atoms with van der Waals surface area (Å²) in [5.41, 5.74) is 3.38. The van der Waals surface area contributed by atoms with E-state index in [2.05, 4.69) is 0 Å². The second-order valence-electron chi connectivity index (χ2n) is 8.04. The Hall–Kier alpha value is -3.80. The van der Waals surface area contributed by atoms with E-state index in [1.807, 2.05) is 54.6 Å². The van der Waals surface area contributed by atoms with Gasteiger partial charge in [0.05, 0.1) is 19.8 Å². The normalized spacial score (nSPS) is 16.0. The average molecular weight is 445 g/mol. The van der Waals surface area contributed by atoms with E-state index in [-0.39, 0.29) is 11.8 Å². The first-order valence-electron chi connectivity index (χ1n) is 11.0. The van der Waals surface area contributed by atoms with E-state index in [1.54, 1.807) is 49.3 Å². The Balaban J connectivity index is 1.72. The third-order valence-corrected chi connectivity index (χ3v) is 6.14. The predicted molar refractivity (Wildman–Crippen MR) is 128 cm³/mol. The van der Waals surface area contributed by atoms with Crippen LogP contribution in [0.2, 0.25) is 0 Å². The molecule has 1 fully saturated rings. The molecule has 0 radical (unpaired) electrons. The Morgan fingerprint density at radius 3 is 2.18 bits per heavy atom. The van der Waals surface area contributed by atoms with Crippen molar-refractivity contribution < 1.29 is 19.1 Å². The van der Waals surface area contributed by atoms with Gasteiger partial charge in [-0.15, -0.1) is 0 Å². The van der Waals surface area contributed by atoms with Gasteiger partial charge in [-0.05, 0) is 29.3 Å². The number of nitrogens with zero attached hydrogens (tertiary/aromatic N) is 2. The number of likely N-dealkylation sites (N-methyl/N-ethyl adjacent to an activating group) is 1. The smallest absolute Gasteiger partial charge is 0.258 e. The largest absolute Gasteiger partial charge is 0.496 e. The molecule has 0 N–H and O–H groups in total. The minimum atomic E-state index is -0.614. The summed E-state index contributed by atoms with van der Waals surface area (Å²) in [6.45, 7) is 0.949. The Morgan fingerprint density at radius 2 is 1.45 bits per heavy atom. The molecule has 0 aromatic heterocycles. The summed E-state index contributed by atoms with van der Waals surface area (Å²) in [5.74, 6) is 0.994. The number of amides is 2. The van der Waals surface area contributed by atoms with Gasteiger partial charge in [0.15, 0.2) is 0 Å². The fourth-order valence-corrected chi connectivity index (χ4v) is 4.36. The number of carbonyl (C=O) groups excluding carboxylic acids is 2. The zero-order chi connectivity index (χ0) is 23.4. The maximum Gasteiger partial charge on any atom is 0.258 e. The van der Waals surface area contributed by atoms with Crippen molar-refractivity contribution in [3.63, 3.8) is 0 Å². The van der Waals surface area contributed by atoms with E-state index in [0.717, 1.165) is 22.4 Å². The van der Waals surface area contributed by atoms with Crippen LogP contribution in [-0.4, -0.2) is 62.0 Å². The molecule has 1 heterocycles. The molecule has 0 bridgehead atoms. The third kappa shape index (κ3) is 4.42. The highest BCUT2D eigenvalue weighted by molar-refractivity contribution is 6.00. The van der Waals surface area contributed by atoms with Crippen LogP contribution in [0.1, 0.15) is 15.9 Å². The molecule has 0 unspecified atom stereocenters. The molecule has 4 rings (SSSR count). The number of methoxy groups -OCH3 is 2. The Morgan fingerprint density at radius 1 is 0.848 bits per heavy atom. The Kier molecular flexibility index (Phi) is 6.63. The highest BCUT2D eigenvalue weighted by Gasteiger charge is 2.37. The lowest BCUT2D eigenvalue weighted by Gasteiger charge is -2.39. The number of rotatable bonds is 6. The van der Waals surface area contributed by atoms with Crippen molar-refractivity contribution in [3.05, 3.63) is 83.9 Å². The third-order valence-electron chi connectivity index (χ3n) is 6.14. The van der Waals surface area contributed by atoms with Gasteiger partial charge in [0.1, 0.15) is 17.5 Å². The molecule has 0 spiro atoms. The van der Waals surface area contributed by atoms with Gasteiger partial charge in [0.2, 0.25) is 5.91 Å². The summed E-state index contributed by atoms with van der Waals surface area (Å²) in [7, 11) is 4.98. The predicted octanol–water partition coefficient (Wildman–Crippen LogP) is 3.90. The first-order chi connectivity index (χ1) is 16.0. The van der Waals surface area contributed by atoms with Crippen molar-refractivity contribution in [2.45, 2.75) is 12.5 Å². The van der Waals surface area contributed by atoms with Gasteiger partial charge in [-0.3, -0.25) is 9.59 Å². The van der Waals surface area contributed by atoms with Crippen LogP contribution in [0, 0.1) is 0 Å². The molecule has 3 aromatic carbocycles. The van der Waals surface area contributed by atoms with E-state index in [9.17, 15) is 9.59 Å². The standard InChI is InChI=1S/C27H28N2O4/c1-28-16-17-29(26(30)22-13-7-9-15-25(22)33-3)23(27(28)31)18-19-10-4-5-11-20(19)21-12-6-8-14-24(21)32-2/h4-15,23H,16-18H2,1-3H3/t23-/m0/s1. The number of carbonyl (C=O) groups is 2. The second-order valence-corrected chi connectivity index (χ2v) is 8.04. The molecule has 1 aliphatic rings. The Labute approximate surface area is 194 Å². The summed E-state index contributed by atoms with van der Waals surface area (Å²) < 4.78 is 11.0. The van der Waals surface area contributed by atoms with Crippen LogP contribution in [0.25, 0.3) is 11.1 Å². The number of ether oxygens (including phenoxy) is 2. The van der Waals surface area contributed by atoms with Gasteiger partial charge in [-0.25, -0.2) is 0 Å². The molecule has 0 aliphatic carbocycles. The van der Waals surface area contributed by atoms with Crippen LogP contribution >= 0.6 is 0 Å². The number of hydrogen-bond acceptors (Lipinski definition) is 4. The summed E-state index contributed by atoms with van der Waals surface area (Å²) in [6, 6.07) is 22.3. The molecule has 1 atom stereocenters. The van der Waals surface area contributed by atoms with Crippen LogP contribution in [0.15, 0.2) is 72.8 Å². The van der Waals surface area contributed by atoms with Gasteiger partial charge in [0, 0.05) is 32.1 Å². The van der Waals surface area contributed by atoms with Crippen molar-refractivity contribution in [3.8, 4) is 22.6 Å². The Bertz CT molecular complexity index is 1160. The number of piperazine rings is 1. The van der Waals surface area contributed by atoms with Crippen molar-refractivity contribution >= 4 is 11.8 Å². The minimum Gasteiger partial charge on any atom is -0.496 e. The van der Waals surface area contributed by atoms with E-state index < -0.39 is 6.04 Å². The zero-order valence-corrected chi connectivity index (χ0v) is 19.2. The van der Waals surface area contributed by atoms with Crippen LogP contribution in [-0.2, 0) is 11.2 Å². The van der Waals surface area contributed by atoms with Crippen molar-refractivity contribution in [1.29, 1.82) is 0 Å². The van der Waals surface area contributed by atoms with E-state index >= 15 is 0 Å². The molecule has 1 aliphatic heterocycles. The van der Waals surface area contributed by atoms with Crippen LogP contribution in [0.3, 0.4) is 0 Å². The summed E-state index contributed by atoms with van der Waals surface area (Å²) >= 11 is 0. The summed E-state index contributed by atoms with van der Waals surface area (Å²) in [5, 5.41) is 0. The van der Waals surface area contributed by atoms with E-state index in [4.69, 9.17) is 9.47 Å². The molecular formula is C27H28N2O4. The minimum absolute atomic E-state index is 0.0701. The quantitative estimate of drug-likeness (QED) is 0.579. The lowest BCUT2D eigenvalue weighted by molar-refractivity contribution is -0.138. The van der Waals surface area contributed by atoms with Crippen molar-refractivity contribution in [1.82, 2.24) is 9.80 Å². The summed E-state index contributed by atoms with van der Waals surface area (Å²) in [6.07, 6.45) is 0.401. The molecular weight excluding hydrogens is 416 g/mol. The first kappa shape index (κ1) is 22.4. The van der Waals surface area contributed by atoms with Crippen LogP contribution in [0.5, 0.6) is 11.5 Å². The molecule has 170 valence electrons. The number of para-hydroxylation sites is 2. The van der Waals surface area contributed by atoms with Gasteiger partial charge in [0.25, 0.3) is 5.91 Å². The first-order valence-corrected chi connectivity index (χ1v) is 11.0. The summed E-state index contributed by atoms with van der Waals surface area (Å²) in [4.78, 5) is 30.2. The lowest BCUT2D eigenvalue weighted by Crippen LogP contribution is -2.58. The van der Waals surface area contributed by atoms with Crippen molar-refractivity contribution in [2.75, 3.05) is 34.4 Å². The highest BCUT2D eigenvalue weighted by atomic mass is 16.5. The van der Waals surface area contributed by atoms with E-state index in [1.165, 1.54) is 0 Å². The maximum atomic E-state index is 13.5. The topological polar surface area (TPSA) is 59.1 Å². The molecule has 0 saturated carbocycles. The van der Waals surface area contributed by atoms with Gasteiger partial charge >= 0.3 is 0 Å². The molecule has 3 aromatic rings. The molecule has 1 saturated heterocycles. The average Bonchev–Trinajstić information content (AvgIpc) is 2.86. The molecule has 6 heteroatoms. The van der Waals surface area contributed by atoms with Crippen LogP contribution < -0.4 is 9.47 Å². The van der Waals surface area contributed by atoms with Crippen LogP contribution in [0.4, 0.5) is 0 Å². The molecule has 33 heavy (non-hydrogen) atoms. The maximum absolute atomic E-state index is 13.5. The lowest BCUT2D eigenvalue weighted by atomic mass is 9.92. The van der Waals surface area contributed by atoms with Gasteiger partial charge in [-0.2, -0.15) is 0 Å². The zero-order valence-electron chi connectivity index (χ0n) is 19.2. The number of hydrogen-bond donors (Lipinski definition) is 0. The molecule has 6 nitrogen and oxygen atoms in total. The second kappa shape index (κ2) is 9.77. The van der Waals surface area contributed by atoms with Crippen molar-refractivity contribution in [2.24, 2.45) is 0 Å². The van der Waals surface area contributed by atoms with Gasteiger partial charge < -0.3 is 19.3 Å². The fraction of sp³-hybridized carbons (Fsp3) is 0.259.